The minimum atomic E-state index is 0.317. The van der Waals surface area contributed by atoms with Crippen LogP contribution in [-0.2, 0) is 6.54 Å². The first-order valence-corrected chi connectivity index (χ1v) is 5.87. The zero-order valence-corrected chi connectivity index (χ0v) is 11.0. The van der Waals surface area contributed by atoms with Crippen molar-refractivity contribution >= 4 is 16.5 Å². The number of hydrogen-bond donors (Lipinski definition) is 1. The summed E-state index contributed by atoms with van der Waals surface area (Å²) < 4.78 is 3.94. The number of hydrogen-bond acceptors (Lipinski definition) is 5. The summed E-state index contributed by atoms with van der Waals surface area (Å²) in [6, 6.07) is 0. The second kappa shape index (κ2) is 4.90. The van der Waals surface area contributed by atoms with Crippen LogP contribution in [0, 0.1) is 5.41 Å². The molecule has 0 fully saturated rings. The standard InChI is InChI=1S/C10H20N4S/c1-10(2,3)7-14(5)6-8-9(11-4)15-13-12-8/h11H,6-7H2,1-5H3. The Hall–Kier alpha value is -0.680. The lowest BCUT2D eigenvalue weighted by atomic mass is 9.96. The van der Waals surface area contributed by atoms with Crippen molar-refractivity contribution < 1.29 is 0 Å². The zero-order valence-electron chi connectivity index (χ0n) is 10.2. The third-order valence-corrected chi connectivity index (χ3v) is 2.73. The van der Waals surface area contributed by atoms with Gasteiger partial charge in [-0.15, -0.1) is 5.10 Å². The SMILES string of the molecule is CNc1snnc1CN(C)CC(C)(C)C. The van der Waals surface area contributed by atoms with Gasteiger partial charge in [-0.1, -0.05) is 25.3 Å². The summed E-state index contributed by atoms with van der Waals surface area (Å²) in [5.74, 6) is 0. The van der Waals surface area contributed by atoms with Crippen molar-refractivity contribution in [2.75, 3.05) is 26.0 Å². The Labute approximate surface area is 95.8 Å². The molecule has 86 valence electrons. The molecule has 0 saturated heterocycles. The molecule has 1 heterocycles. The minimum absolute atomic E-state index is 0.317. The molecular weight excluding hydrogens is 208 g/mol. The topological polar surface area (TPSA) is 41.1 Å². The fraction of sp³-hybridized carbons (Fsp3) is 0.800. The van der Waals surface area contributed by atoms with Crippen molar-refractivity contribution in [3.05, 3.63) is 5.69 Å². The molecule has 15 heavy (non-hydrogen) atoms. The van der Waals surface area contributed by atoms with E-state index in [1.54, 1.807) is 0 Å². The van der Waals surface area contributed by atoms with Crippen LogP contribution in [0.3, 0.4) is 0 Å². The van der Waals surface area contributed by atoms with E-state index in [1.807, 2.05) is 7.05 Å². The highest BCUT2D eigenvalue weighted by molar-refractivity contribution is 7.10. The predicted molar refractivity (Wildman–Crippen MR) is 65.2 cm³/mol. The van der Waals surface area contributed by atoms with Crippen LogP contribution in [0.4, 0.5) is 5.00 Å². The van der Waals surface area contributed by atoms with Gasteiger partial charge in [0.25, 0.3) is 0 Å². The van der Waals surface area contributed by atoms with Gasteiger partial charge in [0.2, 0.25) is 0 Å². The van der Waals surface area contributed by atoms with Gasteiger partial charge in [-0.05, 0) is 12.5 Å². The first-order valence-electron chi connectivity index (χ1n) is 5.10. The molecule has 0 spiro atoms. The summed E-state index contributed by atoms with van der Waals surface area (Å²) in [5.41, 5.74) is 1.35. The molecule has 0 saturated carbocycles. The van der Waals surface area contributed by atoms with Gasteiger partial charge in [-0.25, -0.2) is 0 Å². The van der Waals surface area contributed by atoms with E-state index >= 15 is 0 Å². The summed E-state index contributed by atoms with van der Waals surface area (Å²) in [6.45, 7) is 8.61. The van der Waals surface area contributed by atoms with Gasteiger partial charge in [-0.3, -0.25) is 4.90 Å². The summed E-state index contributed by atoms with van der Waals surface area (Å²) in [4.78, 5) is 2.28. The van der Waals surface area contributed by atoms with E-state index in [1.165, 1.54) is 11.5 Å². The number of rotatable bonds is 4. The Morgan fingerprint density at radius 3 is 2.60 bits per heavy atom. The Morgan fingerprint density at radius 1 is 1.40 bits per heavy atom. The summed E-state index contributed by atoms with van der Waals surface area (Å²) >= 11 is 1.41. The van der Waals surface area contributed by atoms with Crippen molar-refractivity contribution in [2.24, 2.45) is 5.41 Å². The third-order valence-electron chi connectivity index (χ3n) is 1.95. The third kappa shape index (κ3) is 4.13. The van der Waals surface area contributed by atoms with E-state index in [9.17, 15) is 0 Å². The molecule has 0 bridgehead atoms. The predicted octanol–water partition coefficient (Wildman–Crippen LogP) is 2.06. The van der Waals surface area contributed by atoms with Crippen molar-refractivity contribution in [1.29, 1.82) is 0 Å². The molecular formula is C10H20N4S. The van der Waals surface area contributed by atoms with Crippen LogP contribution in [0.25, 0.3) is 0 Å². The molecule has 1 aromatic heterocycles. The minimum Gasteiger partial charge on any atom is -0.377 e. The fourth-order valence-corrected chi connectivity index (χ4v) is 2.15. The van der Waals surface area contributed by atoms with E-state index in [4.69, 9.17) is 0 Å². The Balaban J connectivity index is 2.55. The quantitative estimate of drug-likeness (QED) is 0.856. The van der Waals surface area contributed by atoms with Crippen molar-refractivity contribution in [2.45, 2.75) is 27.3 Å². The second-order valence-corrected chi connectivity index (χ2v) is 5.79. The van der Waals surface area contributed by atoms with Gasteiger partial charge < -0.3 is 5.32 Å². The molecule has 0 aliphatic carbocycles. The van der Waals surface area contributed by atoms with Gasteiger partial charge in [-0.2, -0.15) is 0 Å². The monoisotopic (exact) mass is 228 g/mol. The smallest absolute Gasteiger partial charge is 0.134 e. The average molecular weight is 228 g/mol. The molecule has 0 aliphatic heterocycles. The van der Waals surface area contributed by atoms with Crippen LogP contribution in [0.15, 0.2) is 0 Å². The molecule has 0 aromatic carbocycles. The summed E-state index contributed by atoms with van der Waals surface area (Å²) in [7, 11) is 4.02. The fourth-order valence-electron chi connectivity index (χ4n) is 1.62. The lowest BCUT2D eigenvalue weighted by Gasteiger charge is -2.25. The van der Waals surface area contributed by atoms with Gasteiger partial charge in [0.1, 0.15) is 10.7 Å². The van der Waals surface area contributed by atoms with Gasteiger partial charge in [0, 0.05) is 31.7 Å². The van der Waals surface area contributed by atoms with Crippen molar-refractivity contribution in [3.63, 3.8) is 0 Å². The molecule has 4 nitrogen and oxygen atoms in total. The maximum Gasteiger partial charge on any atom is 0.134 e. The Bertz CT molecular complexity index is 303. The van der Waals surface area contributed by atoms with Gasteiger partial charge in [0.15, 0.2) is 0 Å². The molecule has 0 radical (unpaired) electrons. The van der Waals surface area contributed by atoms with Crippen LogP contribution < -0.4 is 5.32 Å². The number of nitrogens with zero attached hydrogens (tertiary/aromatic N) is 3. The highest BCUT2D eigenvalue weighted by atomic mass is 32.1. The van der Waals surface area contributed by atoms with Crippen molar-refractivity contribution in [3.8, 4) is 0 Å². The molecule has 1 aromatic rings. The largest absolute Gasteiger partial charge is 0.377 e. The Morgan fingerprint density at radius 2 is 2.07 bits per heavy atom. The first kappa shape index (κ1) is 12.4. The van der Waals surface area contributed by atoms with Gasteiger partial charge >= 0.3 is 0 Å². The van der Waals surface area contributed by atoms with Crippen LogP contribution >= 0.6 is 11.5 Å². The van der Waals surface area contributed by atoms with E-state index in [2.05, 4.69) is 47.6 Å². The van der Waals surface area contributed by atoms with Crippen LogP contribution in [0.5, 0.6) is 0 Å². The maximum absolute atomic E-state index is 4.12. The van der Waals surface area contributed by atoms with Crippen LogP contribution in [0.2, 0.25) is 0 Å². The summed E-state index contributed by atoms with van der Waals surface area (Å²) in [6.07, 6.45) is 0. The van der Waals surface area contributed by atoms with E-state index in [0.29, 0.717) is 5.41 Å². The number of aromatic nitrogens is 2. The maximum atomic E-state index is 4.12. The van der Waals surface area contributed by atoms with E-state index in [0.717, 1.165) is 23.8 Å². The second-order valence-electron chi connectivity index (χ2n) is 5.03. The number of anilines is 1. The highest BCUT2D eigenvalue weighted by Crippen LogP contribution is 2.20. The van der Waals surface area contributed by atoms with Crippen molar-refractivity contribution in [1.82, 2.24) is 14.5 Å². The summed E-state index contributed by atoms with van der Waals surface area (Å²) in [5, 5.41) is 8.30. The molecule has 0 amide bonds. The lowest BCUT2D eigenvalue weighted by molar-refractivity contribution is 0.219. The van der Waals surface area contributed by atoms with Gasteiger partial charge in [0.05, 0.1) is 0 Å². The normalized spacial score (nSPS) is 12.1. The molecule has 0 aliphatic rings. The van der Waals surface area contributed by atoms with E-state index in [-0.39, 0.29) is 0 Å². The molecule has 0 unspecified atom stereocenters. The number of nitrogens with one attached hydrogen (secondary N) is 1. The van der Waals surface area contributed by atoms with E-state index < -0.39 is 0 Å². The lowest BCUT2D eigenvalue weighted by Crippen LogP contribution is -2.29. The molecule has 1 rings (SSSR count). The average Bonchev–Trinajstić information content (AvgIpc) is 2.48. The first-order chi connectivity index (χ1) is 6.92. The highest BCUT2D eigenvalue weighted by Gasteiger charge is 2.15. The van der Waals surface area contributed by atoms with Crippen LogP contribution in [0.1, 0.15) is 26.5 Å². The molecule has 5 heteroatoms. The molecule has 0 atom stereocenters. The zero-order chi connectivity index (χ0) is 11.5. The molecule has 1 N–H and O–H groups in total. The van der Waals surface area contributed by atoms with Crippen LogP contribution in [-0.4, -0.2) is 35.1 Å². The Kier molecular flexibility index (Phi) is 4.04.